The Hall–Kier alpha value is -1.08. The molecule has 4 heteroatoms. The molecular formula is C13H23N3O. The Bertz CT molecular complexity index is 302. The fourth-order valence-corrected chi connectivity index (χ4v) is 2.66. The Morgan fingerprint density at radius 3 is 2.82 bits per heavy atom. The molecule has 0 aromatic heterocycles. The number of hydrogen-bond donors (Lipinski definition) is 1. The van der Waals surface area contributed by atoms with Gasteiger partial charge in [-0.2, -0.15) is 5.26 Å². The van der Waals surface area contributed by atoms with Gasteiger partial charge in [-0.05, 0) is 26.3 Å². The predicted molar refractivity (Wildman–Crippen MR) is 67.2 cm³/mol. The Balaban J connectivity index is 2.68. The minimum Gasteiger partial charge on any atom is -0.344 e. The van der Waals surface area contributed by atoms with Crippen molar-refractivity contribution in [1.82, 2.24) is 10.2 Å². The maximum Gasteiger partial charge on any atom is 0.229 e. The molecular weight excluding hydrogens is 214 g/mol. The Morgan fingerprint density at radius 2 is 2.35 bits per heavy atom. The second-order valence-electron chi connectivity index (χ2n) is 5.17. The van der Waals surface area contributed by atoms with E-state index < -0.39 is 0 Å². The van der Waals surface area contributed by atoms with E-state index in [2.05, 4.69) is 18.3 Å². The van der Waals surface area contributed by atoms with Crippen LogP contribution in [0, 0.1) is 22.7 Å². The summed E-state index contributed by atoms with van der Waals surface area (Å²) in [7, 11) is 1.81. The van der Waals surface area contributed by atoms with E-state index in [0.29, 0.717) is 6.54 Å². The summed E-state index contributed by atoms with van der Waals surface area (Å²) in [6.45, 7) is 6.20. The molecule has 0 aromatic rings. The fraction of sp³-hybridized carbons (Fsp3) is 0.846. The fourth-order valence-electron chi connectivity index (χ4n) is 2.66. The average Bonchev–Trinajstić information content (AvgIpc) is 2.78. The molecule has 4 nitrogen and oxygen atoms in total. The van der Waals surface area contributed by atoms with Gasteiger partial charge in [-0.25, -0.2) is 0 Å². The van der Waals surface area contributed by atoms with Crippen LogP contribution in [0.5, 0.6) is 0 Å². The molecule has 0 aromatic carbocycles. The first-order valence-electron chi connectivity index (χ1n) is 6.41. The van der Waals surface area contributed by atoms with Crippen molar-refractivity contribution in [2.75, 3.05) is 26.7 Å². The Kier molecular flexibility index (Phi) is 4.95. The highest BCUT2D eigenvalue weighted by atomic mass is 16.2. The standard InChI is InChI=1S/C13H23N3O/c1-4-5-13(6-7-15-10-13)12(17)16(3)9-11(2)8-14/h11,15H,4-7,9-10H2,1-3H3. The van der Waals surface area contributed by atoms with E-state index in [1.165, 1.54) is 0 Å². The number of nitriles is 1. The lowest BCUT2D eigenvalue weighted by atomic mass is 9.81. The molecule has 1 heterocycles. The number of rotatable bonds is 5. The lowest BCUT2D eigenvalue weighted by Gasteiger charge is -2.32. The summed E-state index contributed by atoms with van der Waals surface area (Å²) in [5.74, 6) is 0.100. The van der Waals surface area contributed by atoms with Gasteiger partial charge in [-0.1, -0.05) is 13.3 Å². The molecule has 0 spiro atoms. The van der Waals surface area contributed by atoms with Crippen LogP contribution < -0.4 is 5.32 Å². The van der Waals surface area contributed by atoms with E-state index in [9.17, 15) is 4.79 Å². The maximum absolute atomic E-state index is 12.5. The summed E-state index contributed by atoms with van der Waals surface area (Å²) in [5, 5.41) is 12.1. The Labute approximate surface area is 104 Å². The summed E-state index contributed by atoms with van der Waals surface area (Å²) in [6.07, 6.45) is 2.88. The summed E-state index contributed by atoms with van der Waals surface area (Å²) in [5.41, 5.74) is -0.224. The highest BCUT2D eigenvalue weighted by Crippen LogP contribution is 2.33. The van der Waals surface area contributed by atoms with E-state index in [4.69, 9.17) is 5.26 Å². The second kappa shape index (κ2) is 6.02. The maximum atomic E-state index is 12.5. The molecule has 1 aliphatic heterocycles. The zero-order chi connectivity index (χ0) is 12.9. The molecule has 0 saturated carbocycles. The van der Waals surface area contributed by atoms with Crippen LogP contribution in [0.1, 0.15) is 33.1 Å². The molecule has 2 unspecified atom stereocenters. The quantitative estimate of drug-likeness (QED) is 0.786. The first-order chi connectivity index (χ1) is 8.05. The van der Waals surface area contributed by atoms with Crippen molar-refractivity contribution in [3.8, 4) is 6.07 Å². The molecule has 1 saturated heterocycles. The molecule has 2 atom stereocenters. The van der Waals surface area contributed by atoms with Crippen LogP contribution in [0.2, 0.25) is 0 Å². The van der Waals surface area contributed by atoms with Gasteiger partial charge in [0.1, 0.15) is 0 Å². The highest BCUT2D eigenvalue weighted by molar-refractivity contribution is 5.83. The lowest BCUT2D eigenvalue weighted by molar-refractivity contribution is -0.140. The van der Waals surface area contributed by atoms with Crippen LogP contribution in [-0.4, -0.2) is 37.5 Å². The highest BCUT2D eigenvalue weighted by Gasteiger charge is 2.41. The van der Waals surface area contributed by atoms with E-state index in [1.54, 1.807) is 4.90 Å². The van der Waals surface area contributed by atoms with Crippen LogP contribution >= 0.6 is 0 Å². The summed E-state index contributed by atoms with van der Waals surface area (Å²) >= 11 is 0. The summed E-state index contributed by atoms with van der Waals surface area (Å²) in [4.78, 5) is 14.2. The third-order valence-electron chi connectivity index (χ3n) is 3.54. The third-order valence-corrected chi connectivity index (χ3v) is 3.54. The normalized spacial score (nSPS) is 25.3. The molecule has 0 aliphatic carbocycles. The average molecular weight is 237 g/mol. The van der Waals surface area contributed by atoms with Gasteiger partial charge in [-0.15, -0.1) is 0 Å². The molecule has 0 bridgehead atoms. The van der Waals surface area contributed by atoms with Gasteiger partial charge in [0.15, 0.2) is 0 Å². The molecule has 0 radical (unpaired) electrons. The largest absolute Gasteiger partial charge is 0.344 e. The zero-order valence-electron chi connectivity index (χ0n) is 11.1. The molecule has 1 rings (SSSR count). The number of nitrogens with one attached hydrogen (secondary N) is 1. The van der Waals surface area contributed by atoms with Crippen LogP contribution in [0.25, 0.3) is 0 Å². The third kappa shape index (κ3) is 3.19. The molecule has 17 heavy (non-hydrogen) atoms. The molecule has 1 amide bonds. The summed E-state index contributed by atoms with van der Waals surface area (Å²) < 4.78 is 0. The topological polar surface area (TPSA) is 56.1 Å². The van der Waals surface area contributed by atoms with Crippen LogP contribution in [0.15, 0.2) is 0 Å². The van der Waals surface area contributed by atoms with E-state index in [-0.39, 0.29) is 17.2 Å². The predicted octanol–water partition coefficient (Wildman–Crippen LogP) is 1.38. The van der Waals surface area contributed by atoms with Crippen molar-refractivity contribution in [2.45, 2.75) is 33.1 Å². The van der Waals surface area contributed by atoms with E-state index in [1.807, 2.05) is 14.0 Å². The SMILES string of the molecule is CCCC1(C(=O)N(C)CC(C)C#N)CCNC1. The smallest absolute Gasteiger partial charge is 0.229 e. The number of nitrogens with zero attached hydrogens (tertiary/aromatic N) is 2. The van der Waals surface area contributed by atoms with Crippen LogP contribution in [-0.2, 0) is 4.79 Å². The van der Waals surface area contributed by atoms with Crippen molar-refractivity contribution in [3.63, 3.8) is 0 Å². The van der Waals surface area contributed by atoms with Crippen LogP contribution in [0.4, 0.5) is 0 Å². The second-order valence-corrected chi connectivity index (χ2v) is 5.17. The first-order valence-corrected chi connectivity index (χ1v) is 6.41. The van der Waals surface area contributed by atoms with Crippen molar-refractivity contribution in [1.29, 1.82) is 5.26 Å². The van der Waals surface area contributed by atoms with E-state index in [0.717, 1.165) is 32.4 Å². The molecule has 1 aliphatic rings. The van der Waals surface area contributed by atoms with Crippen molar-refractivity contribution in [3.05, 3.63) is 0 Å². The lowest BCUT2D eigenvalue weighted by Crippen LogP contribution is -2.44. The monoisotopic (exact) mass is 237 g/mol. The van der Waals surface area contributed by atoms with Crippen molar-refractivity contribution in [2.24, 2.45) is 11.3 Å². The number of amides is 1. The molecule has 96 valence electrons. The van der Waals surface area contributed by atoms with Gasteiger partial charge in [0.25, 0.3) is 0 Å². The van der Waals surface area contributed by atoms with Gasteiger partial charge in [0.05, 0.1) is 17.4 Å². The minimum absolute atomic E-state index is 0.100. The van der Waals surface area contributed by atoms with Crippen molar-refractivity contribution >= 4 is 5.91 Å². The van der Waals surface area contributed by atoms with Crippen molar-refractivity contribution < 1.29 is 4.79 Å². The minimum atomic E-state index is -0.224. The number of hydrogen-bond acceptors (Lipinski definition) is 3. The molecule has 1 fully saturated rings. The molecule has 1 N–H and O–H groups in total. The number of carbonyl (C=O) groups excluding carboxylic acids is 1. The van der Waals surface area contributed by atoms with Gasteiger partial charge >= 0.3 is 0 Å². The van der Waals surface area contributed by atoms with E-state index >= 15 is 0 Å². The van der Waals surface area contributed by atoms with Crippen LogP contribution in [0.3, 0.4) is 0 Å². The van der Waals surface area contributed by atoms with Gasteiger partial charge in [0, 0.05) is 20.1 Å². The summed E-state index contributed by atoms with van der Waals surface area (Å²) in [6, 6.07) is 2.18. The van der Waals surface area contributed by atoms with Gasteiger partial charge in [0.2, 0.25) is 5.91 Å². The number of carbonyl (C=O) groups is 1. The van der Waals surface area contributed by atoms with Gasteiger partial charge in [-0.3, -0.25) is 4.79 Å². The Morgan fingerprint density at radius 1 is 1.65 bits per heavy atom. The first kappa shape index (κ1) is 14.0. The van der Waals surface area contributed by atoms with Gasteiger partial charge < -0.3 is 10.2 Å². The zero-order valence-corrected chi connectivity index (χ0v) is 11.1.